The molecule has 0 fully saturated rings. The fourth-order valence-corrected chi connectivity index (χ4v) is 2.86. The van der Waals surface area contributed by atoms with E-state index in [1.54, 1.807) is 11.8 Å². The number of carbonyl (C=O) groups excluding carboxylic acids is 1. The van der Waals surface area contributed by atoms with Crippen molar-refractivity contribution in [3.8, 4) is 0 Å². The molecule has 0 saturated heterocycles. The molecule has 0 aliphatic heterocycles. The van der Waals surface area contributed by atoms with Gasteiger partial charge in [-0.25, -0.2) is 0 Å². The zero-order chi connectivity index (χ0) is 15.9. The third kappa shape index (κ3) is 4.61. The second-order valence-electron chi connectivity index (χ2n) is 5.26. The summed E-state index contributed by atoms with van der Waals surface area (Å²) in [7, 11) is 0. The predicted molar refractivity (Wildman–Crippen MR) is 93.1 cm³/mol. The predicted octanol–water partition coefficient (Wildman–Crippen LogP) is 3.67. The molecule has 2 N–H and O–H groups in total. The summed E-state index contributed by atoms with van der Waals surface area (Å²) in [6.45, 7) is 4.11. The molecule has 0 atom stereocenters. The largest absolute Gasteiger partial charge is 0.392 e. The summed E-state index contributed by atoms with van der Waals surface area (Å²) < 4.78 is 0. The number of hydrogen-bond acceptors (Lipinski definition) is 3. The number of anilines is 1. The number of carbonyl (C=O) groups is 1. The van der Waals surface area contributed by atoms with Crippen LogP contribution < -0.4 is 5.32 Å². The van der Waals surface area contributed by atoms with Gasteiger partial charge in [0.05, 0.1) is 12.4 Å². The summed E-state index contributed by atoms with van der Waals surface area (Å²) in [4.78, 5) is 12.0. The molecule has 3 nitrogen and oxygen atoms in total. The van der Waals surface area contributed by atoms with Crippen LogP contribution in [0, 0.1) is 13.8 Å². The molecule has 2 aromatic rings. The van der Waals surface area contributed by atoms with E-state index in [2.05, 4.69) is 5.32 Å². The quantitative estimate of drug-likeness (QED) is 0.855. The van der Waals surface area contributed by atoms with Crippen LogP contribution in [0.4, 0.5) is 5.69 Å². The van der Waals surface area contributed by atoms with Crippen molar-refractivity contribution < 1.29 is 9.90 Å². The van der Waals surface area contributed by atoms with Crippen LogP contribution in [0.2, 0.25) is 0 Å². The summed E-state index contributed by atoms with van der Waals surface area (Å²) in [6, 6.07) is 13.7. The summed E-state index contributed by atoms with van der Waals surface area (Å²) in [6.07, 6.45) is 0. The van der Waals surface area contributed by atoms with Crippen molar-refractivity contribution in [3.05, 3.63) is 64.7 Å². The Morgan fingerprint density at radius 2 is 1.77 bits per heavy atom. The van der Waals surface area contributed by atoms with Crippen molar-refractivity contribution in [1.29, 1.82) is 0 Å². The molecule has 0 heterocycles. The maximum atomic E-state index is 12.0. The van der Waals surface area contributed by atoms with E-state index in [1.165, 1.54) is 5.56 Å². The van der Waals surface area contributed by atoms with E-state index in [1.807, 2.05) is 56.3 Å². The zero-order valence-electron chi connectivity index (χ0n) is 12.9. The average molecular weight is 315 g/mol. The zero-order valence-corrected chi connectivity index (χ0v) is 13.7. The molecule has 0 aromatic heterocycles. The van der Waals surface area contributed by atoms with Gasteiger partial charge >= 0.3 is 0 Å². The summed E-state index contributed by atoms with van der Waals surface area (Å²) >= 11 is 1.58. The molecular weight excluding hydrogens is 294 g/mol. The lowest BCUT2D eigenvalue weighted by Gasteiger charge is -2.10. The SMILES string of the molecule is Cc1cccc(NC(=O)CSCc2ccc(CO)cc2)c1C. The molecule has 116 valence electrons. The Morgan fingerprint density at radius 1 is 1.09 bits per heavy atom. The standard InChI is InChI=1S/C18H21NO2S/c1-13-4-3-5-17(14(13)2)19-18(21)12-22-11-16-8-6-15(10-20)7-9-16/h3-9,20H,10-12H2,1-2H3,(H,19,21). The highest BCUT2D eigenvalue weighted by atomic mass is 32.2. The van der Waals surface area contributed by atoms with E-state index in [9.17, 15) is 4.79 Å². The number of aliphatic hydroxyl groups excluding tert-OH is 1. The number of aryl methyl sites for hydroxylation is 1. The van der Waals surface area contributed by atoms with Gasteiger partial charge in [0.25, 0.3) is 0 Å². The first-order chi connectivity index (χ1) is 10.6. The topological polar surface area (TPSA) is 49.3 Å². The Morgan fingerprint density at radius 3 is 2.45 bits per heavy atom. The van der Waals surface area contributed by atoms with Gasteiger partial charge in [0.1, 0.15) is 0 Å². The molecule has 0 unspecified atom stereocenters. The van der Waals surface area contributed by atoms with Crippen molar-refractivity contribution in [2.45, 2.75) is 26.2 Å². The lowest BCUT2D eigenvalue weighted by molar-refractivity contribution is -0.113. The number of hydrogen-bond donors (Lipinski definition) is 2. The number of rotatable bonds is 6. The van der Waals surface area contributed by atoms with Gasteiger partial charge in [0, 0.05) is 11.4 Å². The minimum atomic E-state index is 0.0191. The first-order valence-electron chi connectivity index (χ1n) is 7.22. The Balaban J connectivity index is 1.81. The second-order valence-corrected chi connectivity index (χ2v) is 6.25. The lowest BCUT2D eigenvalue weighted by Crippen LogP contribution is -2.15. The highest BCUT2D eigenvalue weighted by Crippen LogP contribution is 2.19. The molecule has 2 aromatic carbocycles. The van der Waals surface area contributed by atoms with Gasteiger partial charge in [-0.3, -0.25) is 4.79 Å². The molecule has 0 aliphatic carbocycles. The molecular formula is C18H21NO2S. The molecule has 0 bridgehead atoms. The average Bonchev–Trinajstić information content (AvgIpc) is 2.52. The van der Waals surface area contributed by atoms with Crippen molar-refractivity contribution >= 4 is 23.4 Å². The third-order valence-electron chi connectivity index (χ3n) is 3.59. The Kier molecular flexibility index (Phi) is 6.04. The summed E-state index contributed by atoms with van der Waals surface area (Å²) in [5, 5.41) is 12.0. The number of benzene rings is 2. The molecule has 0 aliphatic rings. The van der Waals surface area contributed by atoms with Gasteiger partial charge in [-0.1, -0.05) is 36.4 Å². The van der Waals surface area contributed by atoms with Crippen molar-refractivity contribution in [3.63, 3.8) is 0 Å². The maximum absolute atomic E-state index is 12.0. The van der Waals surface area contributed by atoms with Gasteiger partial charge in [0.15, 0.2) is 0 Å². The van der Waals surface area contributed by atoms with Crippen molar-refractivity contribution in [1.82, 2.24) is 0 Å². The van der Waals surface area contributed by atoms with Gasteiger partial charge in [0.2, 0.25) is 5.91 Å². The monoisotopic (exact) mass is 315 g/mol. The van der Waals surface area contributed by atoms with Crippen LogP contribution in [-0.2, 0) is 17.2 Å². The molecule has 1 amide bonds. The van der Waals surface area contributed by atoms with Crippen LogP contribution in [0.3, 0.4) is 0 Å². The highest BCUT2D eigenvalue weighted by molar-refractivity contribution is 7.99. The normalized spacial score (nSPS) is 10.5. The highest BCUT2D eigenvalue weighted by Gasteiger charge is 2.06. The fraction of sp³-hybridized carbons (Fsp3) is 0.278. The van der Waals surface area contributed by atoms with Crippen LogP contribution in [0.25, 0.3) is 0 Å². The van der Waals surface area contributed by atoms with Crippen molar-refractivity contribution in [2.75, 3.05) is 11.1 Å². The van der Waals surface area contributed by atoms with E-state index in [0.29, 0.717) is 5.75 Å². The molecule has 0 spiro atoms. The van der Waals surface area contributed by atoms with E-state index in [0.717, 1.165) is 28.1 Å². The summed E-state index contributed by atoms with van der Waals surface area (Å²) in [5.74, 6) is 1.23. The number of aliphatic hydroxyl groups is 1. The Hall–Kier alpha value is -1.78. The van der Waals surface area contributed by atoms with E-state index >= 15 is 0 Å². The molecule has 2 rings (SSSR count). The Labute approximate surface area is 135 Å². The van der Waals surface area contributed by atoms with Crippen LogP contribution in [0.1, 0.15) is 22.3 Å². The van der Waals surface area contributed by atoms with Gasteiger partial charge in [-0.2, -0.15) is 0 Å². The van der Waals surface area contributed by atoms with Crippen LogP contribution in [-0.4, -0.2) is 16.8 Å². The minimum Gasteiger partial charge on any atom is -0.392 e. The second kappa shape index (κ2) is 8.01. The van der Waals surface area contributed by atoms with Gasteiger partial charge in [-0.05, 0) is 42.2 Å². The smallest absolute Gasteiger partial charge is 0.234 e. The summed E-state index contributed by atoms with van der Waals surface area (Å²) in [5.41, 5.74) is 5.23. The number of amides is 1. The molecule has 0 radical (unpaired) electrons. The van der Waals surface area contributed by atoms with Crippen LogP contribution >= 0.6 is 11.8 Å². The first kappa shape index (κ1) is 16.6. The van der Waals surface area contributed by atoms with Crippen LogP contribution in [0.15, 0.2) is 42.5 Å². The van der Waals surface area contributed by atoms with Crippen LogP contribution in [0.5, 0.6) is 0 Å². The van der Waals surface area contributed by atoms with Crippen molar-refractivity contribution in [2.24, 2.45) is 0 Å². The molecule has 0 saturated carbocycles. The Bertz CT molecular complexity index is 638. The third-order valence-corrected chi connectivity index (χ3v) is 4.59. The number of nitrogens with one attached hydrogen (secondary N) is 1. The number of thioether (sulfide) groups is 1. The van der Waals surface area contributed by atoms with Gasteiger partial charge in [-0.15, -0.1) is 11.8 Å². The molecule has 22 heavy (non-hydrogen) atoms. The van der Waals surface area contributed by atoms with E-state index in [4.69, 9.17) is 5.11 Å². The first-order valence-corrected chi connectivity index (χ1v) is 8.38. The van der Waals surface area contributed by atoms with E-state index in [-0.39, 0.29) is 12.5 Å². The lowest BCUT2D eigenvalue weighted by atomic mass is 10.1. The fourth-order valence-electron chi connectivity index (χ4n) is 2.08. The van der Waals surface area contributed by atoms with Gasteiger partial charge < -0.3 is 10.4 Å². The minimum absolute atomic E-state index is 0.0191. The maximum Gasteiger partial charge on any atom is 0.234 e. The molecule has 4 heteroatoms. The van der Waals surface area contributed by atoms with E-state index < -0.39 is 0 Å².